The van der Waals surface area contributed by atoms with Gasteiger partial charge in [0.2, 0.25) is 35.4 Å². The van der Waals surface area contributed by atoms with Crippen molar-refractivity contribution in [1.82, 2.24) is 41.8 Å². The highest BCUT2D eigenvalue weighted by Gasteiger charge is 2.27. The van der Waals surface area contributed by atoms with Crippen molar-refractivity contribution < 1.29 is 82.9 Å². The average Bonchev–Trinajstić information content (AvgIpc) is 3.37. The molecule has 2 rings (SSSR count). The van der Waals surface area contributed by atoms with Gasteiger partial charge < -0.3 is 45.9 Å². The number of amides is 8. The molecule has 0 aliphatic rings. The zero-order valence-corrected chi connectivity index (χ0v) is 43.9. The lowest BCUT2D eigenvalue weighted by molar-refractivity contribution is -0.166. The predicted octanol–water partition coefficient (Wildman–Crippen LogP) is 2.42. The summed E-state index contributed by atoms with van der Waals surface area (Å²) in [7, 11) is 0. The summed E-state index contributed by atoms with van der Waals surface area (Å²) in [6.07, 6.45) is 4.44. The van der Waals surface area contributed by atoms with Crippen molar-refractivity contribution >= 4 is 59.2 Å². The van der Waals surface area contributed by atoms with Gasteiger partial charge in [-0.2, -0.15) is 0 Å². The number of nitrogens with one attached hydrogen (secondary N) is 5. The Kier molecular flexibility index (Phi) is 30.5. The van der Waals surface area contributed by atoms with Gasteiger partial charge in [-0.1, -0.05) is 18.2 Å². The first kappa shape index (κ1) is 64.7. The minimum atomic E-state index is -1.14. The third-order valence-electron chi connectivity index (χ3n) is 10.8. The molecule has 0 saturated carbocycles. The van der Waals surface area contributed by atoms with Gasteiger partial charge in [0.05, 0.1) is 6.54 Å². The Morgan fingerprint density at radius 3 is 1.57 bits per heavy atom. The van der Waals surface area contributed by atoms with Gasteiger partial charge in [-0.15, -0.1) is 0 Å². The molecule has 0 unspecified atom stereocenters. The van der Waals surface area contributed by atoms with Gasteiger partial charge in [0.15, 0.2) is 13.2 Å². The number of hydrogen-bond acceptors (Lipinski definition) is 16. The lowest BCUT2D eigenvalue weighted by Crippen LogP contribution is -2.48. The Morgan fingerprint density at radius 1 is 0.566 bits per heavy atom. The third kappa shape index (κ3) is 30.1. The molecule has 9 N–H and O–H groups in total. The van der Waals surface area contributed by atoms with E-state index in [2.05, 4.69) is 26.6 Å². The fourth-order valence-corrected chi connectivity index (χ4v) is 6.76. The van der Waals surface area contributed by atoms with Crippen molar-refractivity contribution in [2.75, 3.05) is 59.0 Å². The second-order valence-electron chi connectivity index (χ2n) is 18.6. The number of carbonyl (C=O) groups excluding carboxylic acids is 9. The highest BCUT2D eigenvalue weighted by Crippen LogP contribution is 2.17. The summed E-state index contributed by atoms with van der Waals surface area (Å²) in [5.74, 6) is -5.42. The first-order chi connectivity index (χ1) is 36.0. The molecule has 0 aliphatic carbocycles. The first-order valence-electron chi connectivity index (χ1n) is 25.2. The van der Waals surface area contributed by atoms with Gasteiger partial charge in [0.25, 0.3) is 11.8 Å². The molecule has 0 aliphatic heterocycles. The van der Waals surface area contributed by atoms with Gasteiger partial charge >= 0.3 is 11.9 Å². The van der Waals surface area contributed by atoms with Crippen LogP contribution in [0.3, 0.4) is 0 Å². The number of hydroxylamine groups is 6. The van der Waals surface area contributed by atoms with E-state index in [1.54, 1.807) is 39.0 Å². The minimum absolute atomic E-state index is 0.0260. The second kappa shape index (κ2) is 35.8. The van der Waals surface area contributed by atoms with Crippen LogP contribution in [-0.4, -0.2) is 166 Å². The summed E-state index contributed by atoms with van der Waals surface area (Å²) < 4.78 is 16.2. The number of esters is 1. The Hall–Kier alpha value is -7.38. The van der Waals surface area contributed by atoms with E-state index in [0.29, 0.717) is 97.4 Å². The number of ether oxygens (including phenoxy) is 3. The summed E-state index contributed by atoms with van der Waals surface area (Å²) >= 11 is 0. The fraction of sp³-hybridized carbons (Fsp3) is 0.569. The molecule has 25 heteroatoms. The molecule has 0 aromatic heterocycles. The maximum Gasteiger partial charge on any atom is 0.341 e. The SMILES string of the molecule is CC(=O)N(O)CCCCCNC(=O)CCC(=O)N(O)CCCCCNC(=O)CCC(=O)N(O)CCCCCNC(=O)COc1cccc(C(=O)NCC(=O)N[C@@H](Cc2ccc(OCC(=O)O)cc2)C(=O)OC(C)(C)C)c1. The van der Waals surface area contributed by atoms with Crippen LogP contribution in [0.5, 0.6) is 11.5 Å². The molecular weight excluding hydrogens is 997 g/mol. The largest absolute Gasteiger partial charge is 0.484 e. The van der Waals surface area contributed by atoms with E-state index >= 15 is 0 Å². The third-order valence-corrected chi connectivity index (χ3v) is 10.8. The van der Waals surface area contributed by atoms with Gasteiger partial charge in [0, 0.05) is 83.9 Å². The van der Waals surface area contributed by atoms with E-state index in [4.69, 9.17) is 19.3 Å². The number of rotatable bonds is 37. The van der Waals surface area contributed by atoms with Gasteiger partial charge in [-0.3, -0.25) is 54.0 Å². The number of unbranched alkanes of at least 4 members (excludes halogenated alkanes) is 6. The molecule has 0 spiro atoms. The minimum Gasteiger partial charge on any atom is -0.484 e. The molecule has 422 valence electrons. The number of hydrogen-bond donors (Lipinski definition) is 9. The highest BCUT2D eigenvalue weighted by atomic mass is 16.6. The van der Waals surface area contributed by atoms with Crippen LogP contribution in [0.25, 0.3) is 0 Å². The van der Waals surface area contributed by atoms with E-state index in [-0.39, 0.29) is 88.0 Å². The Morgan fingerprint density at radius 2 is 1.07 bits per heavy atom. The van der Waals surface area contributed by atoms with Gasteiger partial charge in [-0.05, 0) is 114 Å². The topological polar surface area (TPSA) is 349 Å². The Bertz CT molecular complexity index is 2210. The van der Waals surface area contributed by atoms with Crippen LogP contribution in [0.2, 0.25) is 0 Å². The maximum absolute atomic E-state index is 13.0. The normalized spacial score (nSPS) is 11.2. The zero-order valence-electron chi connectivity index (χ0n) is 43.9. The second-order valence-corrected chi connectivity index (χ2v) is 18.6. The smallest absolute Gasteiger partial charge is 0.341 e. The summed E-state index contributed by atoms with van der Waals surface area (Å²) in [5, 5.41) is 53.2. The average molecular weight is 1070 g/mol. The van der Waals surface area contributed by atoms with E-state index < -0.39 is 72.2 Å². The number of carboxylic acid groups (broad SMARTS) is 1. The van der Waals surface area contributed by atoms with Gasteiger partial charge in [-0.25, -0.2) is 24.8 Å². The Labute approximate surface area is 442 Å². The summed E-state index contributed by atoms with van der Waals surface area (Å²) in [5.41, 5.74) is -0.102. The highest BCUT2D eigenvalue weighted by molar-refractivity contribution is 5.97. The maximum atomic E-state index is 13.0. The molecule has 1 atom stereocenters. The van der Waals surface area contributed by atoms with E-state index in [1.165, 1.54) is 37.3 Å². The van der Waals surface area contributed by atoms with Crippen molar-refractivity contribution in [1.29, 1.82) is 0 Å². The van der Waals surface area contributed by atoms with Crippen LogP contribution in [0.4, 0.5) is 0 Å². The van der Waals surface area contributed by atoms with Crippen LogP contribution in [0.1, 0.15) is 127 Å². The van der Waals surface area contributed by atoms with Gasteiger partial charge in [0.1, 0.15) is 23.1 Å². The molecule has 0 radical (unpaired) electrons. The monoisotopic (exact) mass is 1070 g/mol. The number of benzene rings is 2. The quantitative estimate of drug-likeness (QED) is 0.0203. The summed E-state index contributed by atoms with van der Waals surface area (Å²) in [6.45, 7) is 6.18. The van der Waals surface area contributed by atoms with E-state index in [0.717, 1.165) is 0 Å². The number of aliphatic carboxylic acids is 1. The van der Waals surface area contributed by atoms with Crippen LogP contribution in [-0.2, 0) is 54.3 Å². The van der Waals surface area contributed by atoms with Crippen LogP contribution < -0.4 is 36.1 Å². The fourth-order valence-electron chi connectivity index (χ4n) is 6.76. The summed E-state index contributed by atoms with van der Waals surface area (Å²) in [4.78, 5) is 122. The standard InChI is InChI=1S/C51H76N8O17/c1-36(60)57(71)28-11-5-8-25-52-42(61)21-23-46(65)58(72)29-12-6-9-26-53-43(62)22-24-47(66)59(73)30-13-7-10-27-54-45(64)34-74-40-16-14-15-38(32-40)49(69)55-33-44(63)56-41(50(70)76-51(2,3)4)31-37-17-19-39(20-18-37)75-35-48(67)68/h14-20,32,41,71-73H,5-13,21-31,33-35H2,1-4H3,(H,52,61)(H,53,62)(H,54,64)(H,55,69)(H,56,63)(H,67,68)/t41-/m0/s1. The molecule has 2 aromatic rings. The molecule has 2 aromatic carbocycles. The first-order valence-corrected chi connectivity index (χ1v) is 25.2. The van der Waals surface area contributed by atoms with Crippen LogP contribution in [0, 0.1) is 0 Å². The van der Waals surface area contributed by atoms with Crippen molar-refractivity contribution in [3.8, 4) is 11.5 Å². The Balaban J connectivity index is 1.57. The molecule has 0 fully saturated rings. The molecule has 0 bridgehead atoms. The van der Waals surface area contributed by atoms with Crippen molar-refractivity contribution in [3.05, 3.63) is 59.7 Å². The molecule has 8 amide bonds. The van der Waals surface area contributed by atoms with E-state index in [9.17, 15) is 63.6 Å². The molecule has 0 saturated heterocycles. The van der Waals surface area contributed by atoms with Crippen molar-refractivity contribution in [2.45, 2.75) is 129 Å². The number of carbonyl (C=O) groups is 10. The molecule has 76 heavy (non-hydrogen) atoms. The predicted molar refractivity (Wildman–Crippen MR) is 271 cm³/mol. The van der Waals surface area contributed by atoms with E-state index in [1.807, 2.05) is 0 Å². The number of carboxylic acids is 1. The van der Waals surface area contributed by atoms with Crippen LogP contribution >= 0.6 is 0 Å². The number of nitrogens with zero attached hydrogens (tertiary/aromatic N) is 3. The zero-order chi connectivity index (χ0) is 56.5. The molecule has 25 nitrogen and oxygen atoms in total. The lowest BCUT2D eigenvalue weighted by atomic mass is 10.1. The molecule has 0 heterocycles. The molecular formula is C51H76N8O17. The van der Waals surface area contributed by atoms with Crippen molar-refractivity contribution in [2.24, 2.45) is 0 Å². The summed E-state index contributed by atoms with van der Waals surface area (Å²) in [6, 6.07) is 11.1. The lowest BCUT2D eigenvalue weighted by Gasteiger charge is -2.25. The van der Waals surface area contributed by atoms with Crippen LogP contribution in [0.15, 0.2) is 48.5 Å². The van der Waals surface area contributed by atoms with Crippen molar-refractivity contribution in [3.63, 3.8) is 0 Å².